The third-order valence-corrected chi connectivity index (χ3v) is 6.88. The maximum atomic E-state index is 12.7. The van der Waals surface area contributed by atoms with Crippen LogP contribution in [0.4, 0.5) is 31.0 Å². The number of ether oxygens (including phenoxy) is 1. The largest absolute Gasteiger partial charge is 0.573 e. The van der Waals surface area contributed by atoms with Crippen molar-refractivity contribution in [3.8, 4) is 5.75 Å². The zero-order valence-electron chi connectivity index (χ0n) is 22.5. The lowest BCUT2D eigenvalue weighted by Gasteiger charge is -2.28. The monoisotopic (exact) mass is 557 g/mol. The van der Waals surface area contributed by atoms with Gasteiger partial charge in [0.25, 0.3) is 0 Å². The fourth-order valence-electron chi connectivity index (χ4n) is 4.66. The summed E-state index contributed by atoms with van der Waals surface area (Å²) in [7, 11) is 1.74. The molecule has 0 unspecified atom stereocenters. The Morgan fingerprint density at radius 2 is 1.60 bits per heavy atom. The van der Waals surface area contributed by atoms with Gasteiger partial charge in [-0.1, -0.05) is 55.5 Å². The van der Waals surface area contributed by atoms with Crippen LogP contribution in [0, 0.1) is 5.92 Å². The van der Waals surface area contributed by atoms with Crippen LogP contribution in [0.3, 0.4) is 0 Å². The van der Waals surface area contributed by atoms with Crippen molar-refractivity contribution in [1.29, 1.82) is 0 Å². The van der Waals surface area contributed by atoms with Crippen molar-refractivity contribution in [2.45, 2.75) is 57.5 Å². The lowest BCUT2D eigenvalue weighted by Crippen LogP contribution is -2.36. The van der Waals surface area contributed by atoms with Crippen molar-refractivity contribution < 1.29 is 22.7 Å². The Labute approximate surface area is 231 Å². The summed E-state index contributed by atoms with van der Waals surface area (Å²) in [4.78, 5) is 26.1. The van der Waals surface area contributed by atoms with E-state index in [4.69, 9.17) is 0 Å². The number of aromatic nitrogens is 3. The van der Waals surface area contributed by atoms with Gasteiger partial charge in [-0.15, -0.1) is 13.2 Å². The predicted octanol–water partition coefficient (Wildman–Crippen LogP) is 5.31. The maximum absolute atomic E-state index is 12.7. The third kappa shape index (κ3) is 8.45. The summed E-state index contributed by atoms with van der Waals surface area (Å²) in [6.07, 6.45) is -2.09. The quantitative estimate of drug-likeness (QED) is 0.251. The van der Waals surface area contributed by atoms with Crippen LogP contribution >= 0.6 is 0 Å². The molecule has 1 aliphatic carbocycles. The van der Waals surface area contributed by atoms with Crippen LogP contribution in [0.2, 0.25) is 0 Å². The minimum absolute atomic E-state index is 0.0421. The molecule has 4 rings (SSSR count). The van der Waals surface area contributed by atoms with Crippen molar-refractivity contribution in [2.75, 3.05) is 29.5 Å². The number of amides is 1. The van der Waals surface area contributed by atoms with Gasteiger partial charge >= 0.3 is 6.36 Å². The molecular weight excluding hydrogens is 523 g/mol. The molecule has 1 fully saturated rings. The highest BCUT2D eigenvalue weighted by Gasteiger charge is 2.32. The van der Waals surface area contributed by atoms with E-state index >= 15 is 0 Å². The molecule has 3 aromatic rings. The molecule has 40 heavy (non-hydrogen) atoms. The molecular formula is C28H34F3N7O2. The first-order valence-electron chi connectivity index (χ1n) is 13.3. The second-order valence-corrected chi connectivity index (χ2v) is 9.82. The zero-order valence-corrected chi connectivity index (χ0v) is 22.5. The first kappa shape index (κ1) is 28.9. The molecule has 0 aliphatic heterocycles. The number of carbonyl (C=O) groups is 1. The summed E-state index contributed by atoms with van der Waals surface area (Å²) in [5.41, 5.74) is 1.48. The van der Waals surface area contributed by atoms with Gasteiger partial charge in [-0.3, -0.25) is 4.79 Å². The van der Waals surface area contributed by atoms with Gasteiger partial charge in [0.2, 0.25) is 23.8 Å². The maximum Gasteiger partial charge on any atom is 0.573 e. The van der Waals surface area contributed by atoms with E-state index in [-0.39, 0.29) is 41.6 Å². The molecule has 2 aromatic carbocycles. The number of halogens is 3. The molecule has 1 aromatic heterocycles. The molecule has 4 N–H and O–H groups in total. The average molecular weight is 558 g/mol. The van der Waals surface area contributed by atoms with Gasteiger partial charge in [0, 0.05) is 37.7 Å². The second kappa shape index (κ2) is 13.3. The van der Waals surface area contributed by atoms with Crippen molar-refractivity contribution in [3.63, 3.8) is 0 Å². The van der Waals surface area contributed by atoms with Crippen LogP contribution in [-0.4, -0.2) is 46.9 Å². The van der Waals surface area contributed by atoms with E-state index in [0.29, 0.717) is 37.2 Å². The van der Waals surface area contributed by atoms with Gasteiger partial charge in [0.15, 0.2) is 0 Å². The highest BCUT2D eigenvalue weighted by Crippen LogP contribution is 2.28. The van der Waals surface area contributed by atoms with Gasteiger partial charge in [-0.2, -0.15) is 15.0 Å². The normalized spacial score (nSPS) is 17.9. The number of hydrogen-bond acceptors (Lipinski definition) is 8. The molecule has 9 nitrogen and oxygen atoms in total. The van der Waals surface area contributed by atoms with Crippen molar-refractivity contribution in [2.24, 2.45) is 5.92 Å². The van der Waals surface area contributed by atoms with E-state index in [2.05, 4.69) is 60.0 Å². The number of alkyl halides is 3. The minimum atomic E-state index is -4.80. The van der Waals surface area contributed by atoms with Crippen LogP contribution < -0.4 is 26.0 Å². The fourth-order valence-corrected chi connectivity index (χ4v) is 4.66. The van der Waals surface area contributed by atoms with Gasteiger partial charge in [-0.25, -0.2) is 0 Å². The van der Waals surface area contributed by atoms with E-state index in [0.717, 1.165) is 12.8 Å². The molecule has 214 valence electrons. The smallest absolute Gasteiger partial charge is 0.405 e. The van der Waals surface area contributed by atoms with Gasteiger partial charge in [0.05, 0.1) is 0 Å². The SMILES string of the molecule is CNc1nc(NC[C@H](C)c2ccccc2)nc(N[C@H]2CC[C@H](C(=O)NCc3ccccc3OC(F)(F)F)CC2)n1. The number of para-hydroxylation sites is 1. The highest BCUT2D eigenvalue weighted by molar-refractivity contribution is 5.78. The average Bonchev–Trinajstić information content (AvgIpc) is 2.95. The van der Waals surface area contributed by atoms with Crippen molar-refractivity contribution in [3.05, 3.63) is 65.7 Å². The number of anilines is 3. The highest BCUT2D eigenvalue weighted by atomic mass is 19.4. The van der Waals surface area contributed by atoms with Crippen LogP contribution in [0.15, 0.2) is 54.6 Å². The number of carbonyl (C=O) groups excluding carboxylic acids is 1. The fraction of sp³-hybridized carbons (Fsp3) is 0.429. The molecule has 1 saturated carbocycles. The summed E-state index contributed by atoms with van der Waals surface area (Å²) < 4.78 is 42.1. The molecule has 0 saturated heterocycles. The Hall–Kier alpha value is -4.09. The van der Waals surface area contributed by atoms with Crippen LogP contribution in [0.1, 0.15) is 49.7 Å². The van der Waals surface area contributed by atoms with E-state index in [1.165, 1.54) is 23.8 Å². The summed E-state index contributed by atoms with van der Waals surface area (Å²) in [6.45, 7) is 2.74. The molecule has 12 heteroatoms. The molecule has 0 radical (unpaired) electrons. The van der Waals surface area contributed by atoms with Crippen LogP contribution in [0.5, 0.6) is 5.75 Å². The molecule has 1 heterocycles. The summed E-state index contributed by atoms with van der Waals surface area (Å²) >= 11 is 0. The summed E-state index contributed by atoms with van der Waals surface area (Å²) in [6, 6.07) is 16.1. The van der Waals surface area contributed by atoms with E-state index in [9.17, 15) is 18.0 Å². The topological polar surface area (TPSA) is 113 Å². The predicted molar refractivity (Wildman–Crippen MR) is 147 cm³/mol. The van der Waals surface area contributed by atoms with Crippen molar-refractivity contribution in [1.82, 2.24) is 20.3 Å². The van der Waals surface area contributed by atoms with E-state index in [1.807, 2.05) is 18.2 Å². The lowest BCUT2D eigenvalue weighted by molar-refractivity contribution is -0.274. The Balaban J connectivity index is 1.27. The first-order valence-corrected chi connectivity index (χ1v) is 13.3. The molecule has 1 aliphatic rings. The third-order valence-electron chi connectivity index (χ3n) is 6.88. The van der Waals surface area contributed by atoms with Gasteiger partial charge in [0.1, 0.15) is 5.75 Å². The van der Waals surface area contributed by atoms with Crippen LogP contribution in [-0.2, 0) is 11.3 Å². The Kier molecular flexibility index (Phi) is 9.62. The number of rotatable bonds is 11. The Morgan fingerprint density at radius 3 is 2.30 bits per heavy atom. The Morgan fingerprint density at radius 1 is 0.950 bits per heavy atom. The van der Waals surface area contributed by atoms with Gasteiger partial charge < -0.3 is 26.0 Å². The molecule has 0 spiro atoms. The standard InChI is InChI=1S/C28H34F3N7O2/c1-18(19-8-4-3-5-9-19)16-34-26-36-25(32-2)37-27(38-26)35-22-14-12-20(13-15-22)24(39)33-17-21-10-6-7-11-23(21)40-28(29,30)31/h3-11,18,20,22H,12-17H2,1-2H3,(H,33,39)(H3,32,34,35,36,37,38)/t18-,20-,22-/m0/s1. The number of hydrogen-bond donors (Lipinski definition) is 4. The zero-order chi connectivity index (χ0) is 28.5. The van der Waals surface area contributed by atoms with E-state index < -0.39 is 6.36 Å². The molecule has 0 bridgehead atoms. The second-order valence-electron chi connectivity index (χ2n) is 9.82. The van der Waals surface area contributed by atoms with Crippen LogP contribution in [0.25, 0.3) is 0 Å². The molecule has 1 amide bonds. The number of nitrogens with zero attached hydrogens (tertiary/aromatic N) is 3. The number of benzene rings is 2. The van der Waals surface area contributed by atoms with Gasteiger partial charge in [-0.05, 0) is 43.2 Å². The first-order chi connectivity index (χ1) is 19.2. The number of nitrogens with one attached hydrogen (secondary N) is 4. The molecule has 1 atom stereocenters. The van der Waals surface area contributed by atoms with Crippen molar-refractivity contribution >= 4 is 23.8 Å². The lowest BCUT2D eigenvalue weighted by atomic mass is 9.85. The minimum Gasteiger partial charge on any atom is -0.405 e. The van der Waals surface area contributed by atoms with E-state index in [1.54, 1.807) is 13.1 Å². The summed E-state index contributed by atoms with van der Waals surface area (Å²) in [5, 5.41) is 12.4. The summed E-state index contributed by atoms with van der Waals surface area (Å²) in [5.74, 6) is 0.893. The Bertz CT molecular complexity index is 1250.